The number of Topliss-reactive ketones (excluding diaryl/α,β-unsaturated/α-hetero) is 1. The van der Waals surface area contributed by atoms with Gasteiger partial charge >= 0.3 is 0 Å². The first-order valence-corrected chi connectivity index (χ1v) is 5.94. The van der Waals surface area contributed by atoms with Crippen LogP contribution in [-0.2, 0) is 0 Å². The lowest BCUT2D eigenvalue weighted by molar-refractivity contribution is 0.0966. The van der Waals surface area contributed by atoms with E-state index in [1.807, 2.05) is 38.1 Å². The number of halogens is 1. The zero-order valence-electron chi connectivity index (χ0n) is 10.5. The zero-order chi connectivity index (χ0) is 13.1. The molecule has 0 saturated heterocycles. The van der Waals surface area contributed by atoms with Crippen LogP contribution in [0.4, 0.5) is 4.39 Å². The summed E-state index contributed by atoms with van der Waals surface area (Å²) in [5.41, 5.74) is 2.67. The molecule has 92 valence electrons. The minimum atomic E-state index is -0.324. The Balaban J connectivity index is 2.26. The Morgan fingerprint density at radius 2 is 1.78 bits per heavy atom. The first-order valence-electron chi connectivity index (χ1n) is 5.94. The molecule has 0 aliphatic rings. The van der Waals surface area contributed by atoms with Crippen LogP contribution >= 0.6 is 0 Å². The topological polar surface area (TPSA) is 17.1 Å². The Bertz CT molecular complexity index is 558. The van der Waals surface area contributed by atoms with E-state index in [4.69, 9.17) is 0 Å². The van der Waals surface area contributed by atoms with E-state index in [1.165, 1.54) is 24.3 Å². The van der Waals surface area contributed by atoms with Crippen LogP contribution in [-0.4, -0.2) is 5.78 Å². The Hall–Kier alpha value is -1.96. The third-order valence-electron chi connectivity index (χ3n) is 3.06. The average molecular weight is 242 g/mol. The molecule has 0 aromatic heterocycles. The van der Waals surface area contributed by atoms with E-state index in [1.54, 1.807) is 0 Å². The van der Waals surface area contributed by atoms with Crippen molar-refractivity contribution in [3.8, 4) is 0 Å². The molecule has 0 radical (unpaired) electrons. The monoisotopic (exact) mass is 242 g/mol. The number of hydrogen-bond acceptors (Lipinski definition) is 1. The predicted octanol–water partition coefficient (Wildman–Crippen LogP) is 4.12. The Morgan fingerprint density at radius 3 is 2.39 bits per heavy atom. The van der Waals surface area contributed by atoms with Gasteiger partial charge in [0, 0.05) is 11.5 Å². The molecular weight excluding hydrogens is 227 g/mol. The summed E-state index contributed by atoms with van der Waals surface area (Å²) in [5, 5.41) is 0. The molecule has 0 bridgehead atoms. The molecule has 0 amide bonds. The van der Waals surface area contributed by atoms with Crippen molar-refractivity contribution in [3.63, 3.8) is 0 Å². The molecule has 2 aromatic rings. The van der Waals surface area contributed by atoms with Gasteiger partial charge < -0.3 is 0 Å². The summed E-state index contributed by atoms with van der Waals surface area (Å²) in [6.45, 7) is 3.87. The summed E-state index contributed by atoms with van der Waals surface area (Å²) in [6, 6.07) is 13.6. The summed E-state index contributed by atoms with van der Waals surface area (Å²) in [6.07, 6.45) is 0. The summed E-state index contributed by atoms with van der Waals surface area (Å²) in [5.74, 6) is -0.522. The van der Waals surface area contributed by atoms with E-state index < -0.39 is 0 Å². The first-order chi connectivity index (χ1) is 8.58. The lowest BCUT2D eigenvalue weighted by Gasteiger charge is -2.11. The average Bonchev–Trinajstić information content (AvgIpc) is 2.38. The highest BCUT2D eigenvalue weighted by atomic mass is 19.1. The molecule has 0 fully saturated rings. The molecule has 1 unspecified atom stereocenters. The van der Waals surface area contributed by atoms with Crippen LogP contribution < -0.4 is 0 Å². The number of rotatable bonds is 3. The van der Waals surface area contributed by atoms with Crippen molar-refractivity contribution in [2.75, 3.05) is 0 Å². The minimum absolute atomic E-state index is 0.0144. The van der Waals surface area contributed by atoms with Gasteiger partial charge in [0.2, 0.25) is 0 Å². The maximum absolute atomic E-state index is 12.8. The smallest absolute Gasteiger partial charge is 0.170 e. The van der Waals surface area contributed by atoms with Crippen molar-refractivity contribution in [1.29, 1.82) is 0 Å². The summed E-state index contributed by atoms with van der Waals surface area (Å²) in [7, 11) is 0. The molecule has 2 aromatic carbocycles. The fourth-order valence-electron chi connectivity index (χ4n) is 1.95. The summed E-state index contributed by atoms with van der Waals surface area (Å²) in [4.78, 5) is 12.2. The second kappa shape index (κ2) is 5.13. The van der Waals surface area contributed by atoms with E-state index in [0.29, 0.717) is 5.56 Å². The fraction of sp³-hybridized carbons (Fsp3) is 0.188. The third kappa shape index (κ3) is 2.65. The highest BCUT2D eigenvalue weighted by Gasteiger charge is 2.17. The molecule has 1 nitrogen and oxygen atoms in total. The molecule has 0 aliphatic carbocycles. The molecule has 0 saturated carbocycles. The van der Waals surface area contributed by atoms with Crippen molar-refractivity contribution in [3.05, 3.63) is 71.0 Å². The summed E-state index contributed by atoms with van der Waals surface area (Å²) >= 11 is 0. The standard InChI is InChI=1S/C16H15FO/c1-11-4-3-5-14(10-11)12(2)16(18)13-6-8-15(17)9-7-13/h3-10,12H,1-2H3. The van der Waals surface area contributed by atoms with E-state index in [2.05, 4.69) is 0 Å². The first kappa shape index (κ1) is 12.5. The lowest BCUT2D eigenvalue weighted by atomic mass is 9.91. The van der Waals surface area contributed by atoms with Crippen LogP contribution in [0.5, 0.6) is 0 Å². The Morgan fingerprint density at radius 1 is 1.11 bits per heavy atom. The Kier molecular flexibility index (Phi) is 3.56. The van der Waals surface area contributed by atoms with Crippen LogP contribution in [0.25, 0.3) is 0 Å². The molecule has 1 atom stereocenters. The van der Waals surface area contributed by atoms with Crippen molar-refractivity contribution >= 4 is 5.78 Å². The van der Waals surface area contributed by atoms with Crippen LogP contribution in [0.15, 0.2) is 48.5 Å². The van der Waals surface area contributed by atoms with Gasteiger partial charge in [0.15, 0.2) is 5.78 Å². The zero-order valence-corrected chi connectivity index (χ0v) is 10.5. The van der Waals surface area contributed by atoms with Gasteiger partial charge in [0.25, 0.3) is 0 Å². The number of carbonyl (C=O) groups excluding carboxylic acids is 1. The number of carbonyl (C=O) groups is 1. The molecule has 0 spiro atoms. The quantitative estimate of drug-likeness (QED) is 0.740. The van der Waals surface area contributed by atoms with Gasteiger partial charge in [0.05, 0.1) is 0 Å². The van der Waals surface area contributed by atoms with E-state index >= 15 is 0 Å². The molecule has 2 rings (SSSR count). The van der Waals surface area contributed by atoms with Gasteiger partial charge in [-0.1, -0.05) is 36.8 Å². The maximum Gasteiger partial charge on any atom is 0.170 e. The van der Waals surface area contributed by atoms with Crippen LogP contribution in [0.3, 0.4) is 0 Å². The van der Waals surface area contributed by atoms with E-state index in [9.17, 15) is 9.18 Å². The second-order valence-corrected chi connectivity index (χ2v) is 4.51. The normalized spacial score (nSPS) is 12.2. The van der Waals surface area contributed by atoms with Crippen LogP contribution in [0.2, 0.25) is 0 Å². The molecule has 2 heteroatoms. The van der Waals surface area contributed by atoms with Gasteiger partial charge in [-0.25, -0.2) is 4.39 Å². The number of benzene rings is 2. The molecular formula is C16H15FO. The van der Waals surface area contributed by atoms with Crippen LogP contribution in [0, 0.1) is 12.7 Å². The predicted molar refractivity (Wildman–Crippen MR) is 70.3 cm³/mol. The molecule has 0 N–H and O–H groups in total. The largest absolute Gasteiger partial charge is 0.294 e. The maximum atomic E-state index is 12.8. The van der Waals surface area contributed by atoms with Gasteiger partial charge in [-0.05, 0) is 36.8 Å². The van der Waals surface area contributed by atoms with Gasteiger partial charge in [-0.3, -0.25) is 4.79 Å². The molecule has 18 heavy (non-hydrogen) atoms. The van der Waals surface area contributed by atoms with Crippen molar-refractivity contribution in [1.82, 2.24) is 0 Å². The molecule has 0 heterocycles. The minimum Gasteiger partial charge on any atom is -0.294 e. The number of aryl methyl sites for hydroxylation is 1. The number of hydrogen-bond donors (Lipinski definition) is 0. The van der Waals surface area contributed by atoms with E-state index in [0.717, 1.165) is 11.1 Å². The lowest BCUT2D eigenvalue weighted by Crippen LogP contribution is -2.09. The van der Waals surface area contributed by atoms with Crippen LogP contribution in [0.1, 0.15) is 34.3 Å². The van der Waals surface area contributed by atoms with Gasteiger partial charge in [-0.2, -0.15) is 0 Å². The highest BCUT2D eigenvalue weighted by Crippen LogP contribution is 2.21. The van der Waals surface area contributed by atoms with Gasteiger partial charge in [0.1, 0.15) is 5.82 Å². The van der Waals surface area contributed by atoms with Crippen molar-refractivity contribution in [2.24, 2.45) is 0 Å². The Labute approximate surface area is 106 Å². The van der Waals surface area contributed by atoms with Crippen molar-refractivity contribution < 1.29 is 9.18 Å². The van der Waals surface area contributed by atoms with Gasteiger partial charge in [-0.15, -0.1) is 0 Å². The van der Waals surface area contributed by atoms with Crippen molar-refractivity contribution in [2.45, 2.75) is 19.8 Å². The summed E-state index contributed by atoms with van der Waals surface area (Å²) < 4.78 is 12.8. The second-order valence-electron chi connectivity index (χ2n) is 4.51. The third-order valence-corrected chi connectivity index (χ3v) is 3.06. The molecule has 0 aliphatic heterocycles. The fourth-order valence-corrected chi connectivity index (χ4v) is 1.95. The van der Waals surface area contributed by atoms with E-state index in [-0.39, 0.29) is 17.5 Å². The highest BCUT2D eigenvalue weighted by molar-refractivity contribution is 6.00. The SMILES string of the molecule is Cc1cccc(C(C)C(=O)c2ccc(F)cc2)c1. The number of ketones is 1.